The molecule has 8 heteroatoms. The van der Waals surface area contributed by atoms with Crippen molar-refractivity contribution >= 4 is 29.1 Å². The summed E-state index contributed by atoms with van der Waals surface area (Å²) in [6, 6.07) is -0.360. The number of oxime groups is 2. The highest BCUT2D eigenvalue weighted by molar-refractivity contribution is 7.98. The minimum Gasteiger partial charge on any atom is -0.411 e. The Balaban J connectivity index is 5.10. The van der Waals surface area contributed by atoms with Crippen molar-refractivity contribution in [2.75, 3.05) is 32.1 Å². The van der Waals surface area contributed by atoms with Gasteiger partial charge in [-0.3, -0.25) is 9.69 Å². The molecule has 0 aliphatic rings. The van der Waals surface area contributed by atoms with Crippen molar-refractivity contribution in [3.63, 3.8) is 0 Å². The second-order valence-electron chi connectivity index (χ2n) is 4.49. The first-order chi connectivity index (χ1) is 9.49. The van der Waals surface area contributed by atoms with Gasteiger partial charge in [-0.15, -0.1) is 0 Å². The van der Waals surface area contributed by atoms with Crippen molar-refractivity contribution in [3.05, 3.63) is 0 Å². The van der Waals surface area contributed by atoms with Gasteiger partial charge in [-0.25, -0.2) is 0 Å². The Bertz CT molecular complexity index is 341. The summed E-state index contributed by atoms with van der Waals surface area (Å²) in [6.45, 7) is 4.01. The molecule has 0 rings (SSSR count). The van der Waals surface area contributed by atoms with Crippen molar-refractivity contribution in [2.24, 2.45) is 10.3 Å². The number of rotatable bonds is 9. The highest BCUT2D eigenvalue weighted by Crippen LogP contribution is 2.10. The fourth-order valence-corrected chi connectivity index (χ4v) is 2.26. The molecule has 0 unspecified atom stereocenters. The molecule has 0 aliphatic carbocycles. The first kappa shape index (κ1) is 18.7. The molecule has 7 nitrogen and oxygen atoms in total. The predicted octanol–water partition coefficient (Wildman–Crippen LogP) is 0.856. The molecule has 0 aromatic carbocycles. The molecule has 20 heavy (non-hydrogen) atoms. The molecule has 0 aliphatic heterocycles. The number of thioether (sulfide) groups is 1. The van der Waals surface area contributed by atoms with Gasteiger partial charge in [-0.05, 0) is 32.3 Å². The summed E-state index contributed by atoms with van der Waals surface area (Å²) >= 11 is 1.66. The Morgan fingerprint density at radius 1 is 1.25 bits per heavy atom. The van der Waals surface area contributed by atoms with Crippen molar-refractivity contribution in [3.8, 4) is 0 Å². The van der Waals surface area contributed by atoms with Crippen molar-refractivity contribution in [1.29, 1.82) is 0 Å². The van der Waals surface area contributed by atoms with Crippen LogP contribution in [0.2, 0.25) is 0 Å². The molecular formula is C12H24N4O3S. The van der Waals surface area contributed by atoms with Gasteiger partial charge in [0.25, 0.3) is 0 Å². The monoisotopic (exact) mass is 304 g/mol. The highest BCUT2D eigenvalue weighted by Gasteiger charge is 2.25. The molecule has 0 bridgehead atoms. The Hall–Kier alpha value is -1.28. The van der Waals surface area contributed by atoms with Gasteiger partial charge in [0.1, 0.15) is 0 Å². The molecule has 0 heterocycles. The minimum absolute atomic E-state index is 0.101. The second kappa shape index (κ2) is 10.5. The van der Waals surface area contributed by atoms with E-state index in [0.717, 1.165) is 5.75 Å². The molecular weight excluding hydrogens is 280 g/mol. The zero-order valence-corrected chi connectivity index (χ0v) is 13.3. The van der Waals surface area contributed by atoms with E-state index in [1.54, 1.807) is 32.7 Å². The van der Waals surface area contributed by atoms with E-state index in [4.69, 9.17) is 10.4 Å². The number of likely N-dealkylation sites (N-methyl/N-ethyl adjacent to an activating group) is 1. The SMILES string of the molecule is CNC(=O)[C@H](CCSC)N(C/C(C)=N\O)C/C(C)=N\O. The first-order valence-corrected chi connectivity index (χ1v) is 7.69. The number of amides is 1. The van der Waals surface area contributed by atoms with Crippen LogP contribution in [0.1, 0.15) is 20.3 Å². The summed E-state index contributed by atoms with van der Waals surface area (Å²) in [5.74, 6) is 0.731. The van der Waals surface area contributed by atoms with Crippen LogP contribution >= 0.6 is 11.8 Å². The van der Waals surface area contributed by atoms with Gasteiger partial charge < -0.3 is 15.7 Å². The van der Waals surface area contributed by atoms with Crippen LogP contribution in [0.15, 0.2) is 10.3 Å². The van der Waals surface area contributed by atoms with E-state index in [1.165, 1.54) is 0 Å². The lowest BCUT2D eigenvalue weighted by Crippen LogP contribution is -2.49. The predicted molar refractivity (Wildman–Crippen MR) is 82.2 cm³/mol. The molecule has 0 saturated carbocycles. The average molecular weight is 304 g/mol. The number of carbonyl (C=O) groups is 1. The van der Waals surface area contributed by atoms with Crippen molar-refractivity contribution in [2.45, 2.75) is 26.3 Å². The van der Waals surface area contributed by atoms with Crippen LogP contribution in [0.3, 0.4) is 0 Å². The van der Waals surface area contributed by atoms with E-state index < -0.39 is 0 Å². The molecule has 116 valence electrons. The molecule has 0 fully saturated rings. The lowest BCUT2D eigenvalue weighted by molar-refractivity contribution is -0.125. The zero-order valence-electron chi connectivity index (χ0n) is 12.5. The Labute approximate surface area is 124 Å². The lowest BCUT2D eigenvalue weighted by Gasteiger charge is -2.29. The van der Waals surface area contributed by atoms with E-state index in [0.29, 0.717) is 30.9 Å². The van der Waals surface area contributed by atoms with E-state index in [2.05, 4.69) is 15.6 Å². The summed E-state index contributed by atoms with van der Waals surface area (Å²) in [4.78, 5) is 13.9. The molecule has 1 amide bonds. The standard InChI is InChI=1S/C12H24N4O3S/c1-9(14-18)7-16(8-10(2)15-19)11(5-6-20-4)12(17)13-3/h11,18-19H,5-8H2,1-4H3,(H,13,17)/b14-9-,15-10-/t11-/m0/s1. The topological polar surface area (TPSA) is 97.5 Å². The third-order valence-electron chi connectivity index (χ3n) is 2.79. The third-order valence-corrected chi connectivity index (χ3v) is 3.43. The molecule has 1 atom stereocenters. The van der Waals surface area contributed by atoms with Gasteiger partial charge in [-0.2, -0.15) is 11.8 Å². The zero-order chi connectivity index (χ0) is 15.5. The van der Waals surface area contributed by atoms with Gasteiger partial charge >= 0.3 is 0 Å². The van der Waals surface area contributed by atoms with Crippen LogP contribution in [0.5, 0.6) is 0 Å². The summed E-state index contributed by atoms with van der Waals surface area (Å²) in [5.41, 5.74) is 0.989. The van der Waals surface area contributed by atoms with E-state index in [9.17, 15) is 4.79 Å². The van der Waals surface area contributed by atoms with Gasteiger partial charge in [0.05, 0.1) is 17.5 Å². The maximum atomic E-state index is 12.0. The number of hydrogen-bond donors (Lipinski definition) is 3. The largest absolute Gasteiger partial charge is 0.411 e. The third kappa shape index (κ3) is 6.76. The molecule has 0 spiro atoms. The summed E-state index contributed by atoms with van der Waals surface area (Å²) in [6.07, 6.45) is 2.64. The highest BCUT2D eigenvalue weighted by atomic mass is 32.2. The molecule has 0 aromatic rings. The van der Waals surface area contributed by atoms with Crippen molar-refractivity contribution < 1.29 is 15.2 Å². The number of carbonyl (C=O) groups excluding carboxylic acids is 1. The van der Waals surface area contributed by atoms with E-state index in [-0.39, 0.29) is 11.9 Å². The van der Waals surface area contributed by atoms with Crippen LogP contribution < -0.4 is 5.32 Å². The van der Waals surface area contributed by atoms with Crippen molar-refractivity contribution in [1.82, 2.24) is 10.2 Å². The van der Waals surface area contributed by atoms with Gasteiger partial charge in [0.2, 0.25) is 5.91 Å². The normalized spacial score (nSPS) is 14.4. The van der Waals surface area contributed by atoms with Crippen LogP contribution in [-0.2, 0) is 4.79 Å². The smallest absolute Gasteiger partial charge is 0.237 e. The fraction of sp³-hybridized carbons (Fsp3) is 0.750. The van der Waals surface area contributed by atoms with Gasteiger partial charge in [0.15, 0.2) is 0 Å². The maximum absolute atomic E-state index is 12.0. The first-order valence-electron chi connectivity index (χ1n) is 6.29. The van der Waals surface area contributed by atoms with Crippen LogP contribution in [0, 0.1) is 0 Å². The minimum atomic E-state index is -0.360. The van der Waals surface area contributed by atoms with Gasteiger partial charge in [-0.1, -0.05) is 10.3 Å². The Morgan fingerprint density at radius 2 is 1.75 bits per heavy atom. The fourth-order valence-electron chi connectivity index (χ4n) is 1.80. The Kier molecular flexibility index (Phi) is 9.83. The van der Waals surface area contributed by atoms with Gasteiger partial charge in [0, 0.05) is 20.1 Å². The average Bonchev–Trinajstić information content (AvgIpc) is 2.46. The number of nitrogens with zero attached hydrogens (tertiary/aromatic N) is 3. The number of hydrogen-bond acceptors (Lipinski definition) is 7. The van der Waals surface area contributed by atoms with Crippen LogP contribution in [-0.4, -0.2) is 70.8 Å². The molecule has 0 radical (unpaired) electrons. The summed E-state index contributed by atoms with van der Waals surface area (Å²) < 4.78 is 0. The Morgan fingerprint density at radius 3 is 2.10 bits per heavy atom. The molecule has 0 aromatic heterocycles. The lowest BCUT2D eigenvalue weighted by atomic mass is 10.1. The second-order valence-corrected chi connectivity index (χ2v) is 5.47. The maximum Gasteiger partial charge on any atom is 0.237 e. The molecule has 3 N–H and O–H groups in total. The van der Waals surface area contributed by atoms with Crippen LogP contribution in [0.4, 0.5) is 0 Å². The quantitative estimate of drug-likeness (QED) is 0.333. The summed E-state index contributed by atoms with van der Waals surface area (Å²) in [7, 11) is 1.59. The molecule has 0 saturated heterocycles. The number of nitrogens with one attached hydrogen (secondary N) is 1. The van der Waals surface area contributed by atoms with E-state index in [1.807, 2.05) is 11.2 Å². The van der Waals surface area contributed by atoms with Crippen LogP contribution in [0.25, 0.3) is 0 Å². The summed E-state index contributed by atoms with van der Waals surface area (Å²) in [5, 5.41) is 26.5. The van der Waals surface area contributed by atoms with E-state index >= 15 is 0 Å².